The molecule has 0 unspecified atom stereocenters. The Morgan fingerprint density at radius 2 is 2.00 bits per heavy atom. The van der Waals surface area contributed by atoms with E-state index in [-0.39, 0.29) is 0 Å². The summed E-state index contributed by atoms with van der Waals surface area (Å²) < 4.78 is 6.84. The molecule has 0 fully saturated rings. The second kappa shape index (κ2) is 3.49. The summed E-state index contributed by atoms with van der Waals surface area (Å²) in [6.45, 7) is 0. The lowest BCUT2D eigenvalue weighted by Crippen LogP contribution is -1.93. The van der Waals surface area contributed by atoms with Crippen molar-refractivity contribution in [2.24, 2.45) is 7.05 Å². The number of aryl methyl sites for hydroxylation is 1. The van der Waals surface area contributed by atoms with Crippen molar-refractivity contribution >= 4 is 0 Å². The van der Waals surface area contributed by atoms with E-state index in [9.17, 15) is 0 Å². The van der Waals surface area contributed by atoms with Crippen molar-refractivity contribution in [1.82, 2.24) is 14.8 Å². The van der Waals surface area contributed by atoms with E-state index >= 15 is 0 Å². The van der Waals surface area contributed by atoms with Gasteiger partial charge >= 0.3 is 0 Å². The van der Waals surface area contributed by atoms with Gasteiger partial charge in [0.05, 0.1) is 12.8 Å². The molecule has 0 saturated heterocycles. The fraction of sp³-hybridized carbons (Fsp3) is 0.200. The topological polar surface area (TPSA) is 39.9 Å². The highest BCUT2D eigenvalue weighted by molar-refractivity contribution is 5.59. The van der Waals surface area contributed by atoms with Gasteiger partial charge in [-0.25, -0.2) is 0 Å². The lowest BCUT2D eigenvalue weighted by molar-refractivity contribution is 0.392. The Morgan fingerprint density at radius 3 is 2.57 bits per heavy atom. The summed E-state index contributed by atoms with van der Waals surface area (Å²) in [6, 6.07) is 5.78. The zero-order chi connectivity index (χ0) is 9.97. The highest BCUT2D eigenvalue weighted by atomic mass is 16.5. The van der Waals surface area contributed by atoms with Gasteiger partial charge in [0, 0.05) is 31.1 Å². The molecule has 0 spiro atoms. The molecule has 0 aromatic carbocycles. The summed E-state index contributed by atoms with van der Waals surface area (Å²) in [4.78, 5) is 3.97. The van der Waals surface area contributed by atoms with Gasteiger partial charge in [0.25, 0.3) is 0 Å². The van der Waals surface area contributed by atoms with Crippen LogP contribution in [0.4, 0.5) is 0 Å². The summed E-state index contributed by atoms with van der Waals surface area (Å²) in [5.74, 6) is 0.624. The van der Waals surface area contributed by atoms with Crippen LogP contribution in [0.15, 0.2) is 30.6 Å². The van der Waals surface area contributed by atoms with Crippen LogP contribution in [0.1, 0.15) is 0 Å². The van der Waals surface area contributed by atoms with Crippen LogP contribution in [-0.4, -0.2) is 21.9 Å². The molecule has 72 valence electrons. The normalized spacial score (nSPS) is 10.1. The van der Waals surface area contributed by atoms with Crippen LogP contribution >= 0.6 is 0 Å². The molecule has 4 nitrogen and oxygen atoms in total. The van der Waals surface area contributed by atoms with Gasteiger partial charge in [-0.05, 0) is 12.1 Å². The van der Waals surface area contributed by atoms with Crippen molar-refractivity contribution in [3.8, 4) is 17.1 Å². The van der Waals surface area contributed by atoms with Gasteiger partial charge in [0.15, 0.2) is 0 Å². The van der Waals surface area contributed by atoms with Crippen LogP contribution in [0.25, 0.3) is 11.3 Å². The molecule has 2 aromatic rings. The smallest absolute Gasteiger partial charge is 0.233 e. The molecule has 14 heavy (non-hydrogen) atoms. The number of nitrogens with zero attached hydrogens (tertiary/aromatic N) is 3. The minimum absolute atomic E-state index is 0.624. The minimum Gasteiger partial charge on any atom is -0.480 e. The van der Waals surface area contributed by atoms with E-state index < -0.39 is 0 Å². The Hall–Kier alpha value is -1.84. The molecular weight excluding hydrogens is 178 g/mol. The number of methoxy groups -OCH3 is 1. The van der Waals surface area contributed by atoms with E-state index in [1.165, 1.54) is 0 Å². The Kier molecular flexibility index (Phi) is 2.18. The van der Waals surface area contributed by atoms with E-state index in [1.807, 2.05) is 25.2 Å². The van der Waals surface area contributed by atoms with Crippen molar-refractivity contribution < 1.29 is 4.74 Å². The van der Waals surface area contributed by atoms with Gasteiger partial charge in [0.2, 0.25) is 5.88 Å². The summed E-state index contributed by atoms with van der Waals surface area (Å²) in [5, 5.41) is 4.18. The first-order chi connectivity index (χ1) is 6.81. The van der Waals surface area contributed by atoms with E-state index in [0.717, 1.165) is 11.3 Å². The predicted octanol–water partition coefficient (Wildman–Crippen LogP) is 1.49. The Labute approximate surface area is 82.2 Å². The molecule has 0 bridgehead atoms. The summed E-state index contributed by atoms with van der Waals surface area (Å²) >= 11 is 0. The molecule has 0 radical (unpaired) electrons. The number of rotatable bonds is 2. The summed E-state index contributed by atoms with van der Waals surface area (Å²) in [5.41, 5.74) is 2.10. The van der Waals surface area contributed by atoms with Crippen molar-refractivity contribution in [3.63, 3.8) is 0 Å². The van der Waals surface area contributed by atoms with Gasteiger partial charge in [-0.1, -0.05) is 0 Å². The average Bonchev–Trinajstić information content (AvgIpc) is 2.61. The Morgan fingerprint density at radius 1 is 1.29 bits per heavy atom. The van der Waals surface area contributed by atoms with E-state index in [4.69, 9.17) is 4.74 Å². The fourth-order valence-electron chi connectivity index (χ4n) is 1.33. The monoisotopic (exact) mass is 189 g/mol. The molecule has 0 aliphatic rings. The third-order valence-corrected chi connectivity index (χ3v) is 2.04. The van der Waals surface area contributed by atoms with Gasteiger partial charge in [-0.2, -0.15) is 0 Å². The van der Waals surface area contributed by atoms with Crippen molar-refractivity contribution in [3.05, 3.63) is 30.6 Å². The van der Waals surface area contributed by atoms with Crippen LogP contribution < -0.4 is 4.74 Å². The highest BCUT2D eigenvalue weighted by Gasteiger charge is 2.06. The van der Waals surface area contributed by atoms with E-state index in [2.05, 4.69) is 10.1 Å². The minimum atomic E-state index is 0.624. The molecule has 0 aliphatic heterocycles. The second-order valence-corrected chi connectivity index (χ2v) is 2.93. The maximum absolute atomic E-state index is 5.05. The van der Waals surface area contributed by atoms with Gasteiger partial charge in [-0.15, -0.1) is 5.10 Å². The van der Waals surface area contributed by atoms with E-state index in [1.54, 1.807) is 24.2 Å². The highest BCUT2D eigenvalue weighted by Crippen LogP contribution is 2.21. The SMILES string of the molecule is COc1cc(-c2ccncc2)n(C)n1. The van der Waals surface area contributed by atoms with Gasteiger partial charge in [0.1, 0.15) is 0 Å². The molecule has 0 saturated carbocycles. The molecular formula is C10H11N3O. The largest absolute Gasteiger partial charge is 0.480 e. The van der Waals surface area contributed by atoms with Gasteiger partial charge in [-0.3, -0.25) is 9.67 Å². The maximum atomic E-state index is 5.05. The molecule has 0 atom stereocenters. The Bertz CT molecular complexity index is 422. The first-order valence-electron chi connectivity index (χ1n) is 4.29. The molecule has 2 rings (SSSR count). The molecule has 4 heteroatoms. The van der Waals surface area contributed by atoms with Crippen molar-refractivity contribution in [2.75, 3.05) is 7.11 Å². The Balaban J connectivity index is 2.46. The number of hydrogen-bond donors (Lipinski definition) is 0. The molecule has 0 aliphatic carbocycles. The maximum Gasteiger partial charge on any atom is 0.233 e. The number of pyridine rings is 1. The van der Waals surface area contributed by atoms with Gasteiger partial charge < -0.3 is 4.74 Å². The average molecular weight is 189 g/mol. The zero-order valence-electron chi connectivity index (χ0n) is 8.14. The quantitative estimate of drug-likeness (QED) is 0.718. The molecule has 2 aromatic heterocycles. The molecule has 0 N–H and O–H groups in total. The number of aromatic nitrogens is 3. The number of ether oxygens (including phenoxy) is 1. The molecule has 2 heterocycles. The summed E-state index contributed by atoms with van der Waals surface area (Å²) in [7, 11) is 3.50. The predicted molar refractivity (Wildman–Crippen MR) is 53.0 cm³/mol. The third-order valence-electron chi connectivity index (χ3n) is 2.04. The van der Waals surface area contributed by atoms with Crippen LogP contribution in [-0.2, 0) is 7.05 Å². The second-order valence-electron chi connectivity index (χ2n) is 2.93. The van der Waals surface area contributed by atoms with Crippen LogP contribution in [0, 0.1) is 0 Å². The van der Waals surface area contributed by atoms with Crippen LogP contribution in [0.5, 0.6) is 5.88 Å². The van der Waals surface area contributed by atoms with Crippen molar-refractivity contribution in [1.29, 1.82) is 0 Å². The standard InChI is InChI=1S/C10H11N3O/c1-13-9(7-10(12-13)14-2)8-3-5-11-6-4-8/h3-7H,1-2H3. The van der Waals surface area contributed by atoms with Crippen LogP contribution in [0.3, 0.4) is 0 Å². The fourth-order valence-corrected chi connectivity index (χ4v) is 1.33. The number of hydrogen-bond acceptors (Lipinski definition) is 3. The lowest BCUT2D eigenvalue weighted by atomic mass is 10.2. The van der Waals surface area contributed by atoms with Crippen LogP contribution in [0.2, 0.25) is 0 Å². The zero-order valence-corrected chi connectivity index (χ0v) is 8.14. The third kappa shape index (κ3) is 1.46. The first kappa shape index (κ1) is 8.74. The summed E-state index contributed by atoms with van der Waals surface area (Å²) in [6.07, 6.45) is 3.52. The molecule has 0 amide bonds. The first-order valence-corrected chi connectivity index (χ1v) is 4.29. The van der Waals surface area contributed by atoms with E-state index in [0.29, 0.717) is 5.88 Å². The van der Waals surface area contributed by atoms with Crippen molar-refractivity contribution in [2.45, 2.75) is 0 Å². The lowest BCUT2D eigenvalue weighted by Gasteiger charge is -1.98.